The fraction of sp³-hybridized carbons (Fsp3) is 0.212. The van der Waals surface area contributed by atoms with E-state index in [9.17, 15) is 0 Å². The van der Waals surface area contributed by atoms with Gasteiger partial charge < -0.3 is 0 Å². The molecule has 0 N–H and O–H groups in total. The van der Waals surface area contributed by atoms with Crippen molar-refractivity contribution in [3.05, 3.63) is 108 Å². The molecule has 0 bridgehead atoms. The SMILES string of the molecule is CCCC1(CCC)c2ccccc2-c2ccc(-c3c4ccccc4cc4ccccc34)cc21. The molecule has 0 saturated heterocycles. The fourth-order valence-corrected chi connectivity index (χ4v) is 6.45. The van der Waals surface area contributed by atoms with Gasteiger partial charge in [0.25, 0.3) is 0 Å². The van der Waals surface area contributed by atoms with Gasteiger partial charge in [0.2, 0.25) is 0 Å². The van der Waals surface area contributed by atoms with Crippen molar-refractivity contribution in [1.82, 2.24) is 0 Å². The summed E-state index contributed by atoms with van der Waals surface area (Å²) in [7, 11) is 0. The zero-order chi connectivity index (χ0) is 22.4. The molecule has 0 amide bonds. The van der Waals surface area contributed by atoms with Crippen LogP contribution in [0.15, 0.2) is 97.1 Å². The number of hydrogen-bond acceptors (Lipinski definition) is 0. The van der Waals surface area contributed by atoms with E-state index >= 15 is 0 Å². The van der Waals surface area contributed by atoms with Crippen LogP contribution in [-0.2, 0) is 5.41 Å². The molecule has 0 heteroatoms. The molecule has 6 rings (SSSR count). The van der Waals surface area contributed by atoms with Crippen molar-refractivity contribution in [3.8, 4) is 22.3 Å². The summed E-state index contributed by atoms with van der Waals surface area (Å²) in [6.45, 7) is 4.67. The van der Waals surface area contributed by atoms with Gasteiger partial charge in [0, 0.05) is 5.41 Å². The van der Waals surface area contributed by atoms with Crippen LogP contribution in [0.25, 0.3) is 43.8 Å². The summed E-state index contributed by atoms with van der Waals surface area (Å²) >= 11 is 0. The van der Waals surface area contributed by atoms with Crippen LogP contribution in [0.5, 0.6) is 0 Å². The molecule has 0 nitrogen and oxygen atoms in total. The summed E-state index contributed by atoms with van der Waals surface area (Å²) in [6, 6.07) is 36.4. The van der Waals surface area contributed by atoms with Gasteiger partial charge in [-0.2, -0.15) is 0 Å². The van der Waals surface area contributed by atoms with E-state index < -0.39 is 0 Å². The van der Waals surface area contributed by atoms with Crippen molar-refractivity contribution in [1.29, 1.82) is 0 Å². The van der Waals surface area contributed by atoms with Gasteiger partial charge in [-0.15, -0.1) is 0 Å². The Bertz CT molecular complexity index is 1430. The molecule has 33 heavy (non-hydrogen) atoms. The molecular weight excluding hydrogens is 396 g/mol. The van der Waals surface area contributed by atoms with Crippen molar-refractivity contribution < 1.29 is 0 Å². The Morgan fingerprint density at radius 2 is 1.12 bits per heavy atom. The highest BCUT2D eigenvalue weighted by Gasteiger charge is 2.41. The first-order valence-corrected chi connectivity index (χ1v) is 12.4. The van der Waals surface area contributed by atoms with Gasteiger partial charge in [0.05, 0.1) is 0 Å². The van der Waals surface area contributed by atoms with Crippen LogP contribution in [0.2, 0.25) is 0 Å². The lowest BCUT2D eigenvalue weighted by molar-refractivity contribution is 0.436. The third-order valence-corrected chi connectivity index (χ3v) is 7.68. The molecule has 0 spiro atoms. The normalized spacial score (nSPS) is 13.9. The minimum absolute atomic E-state index is 0.117. The Kier molecular flexibility index (Phi) is 4.84. The molecule has 0 saturated carbocycles. The molecule has 0 aromatic heterocycles. The zero-order valence-corrected chi connectivity index (χ0v) is 19.6. The van der Waals surface area contributed by atoms with E-state index in [4.69, 9.17) is 0 Å². The second-order valence-corrected chi connectivity index (χ2v) is 9.58. The topological polar surface area (TPSA) is 0 Å². The monoisotopic (exact) mass is 426 g/mol. The number of hydrogen-bond donors (Lipinski definition) is 0. The number of benzene rings is 5. The summed E-state index contributed by atoms with van der Waals surface area (Å²) in [5.74, 6) is 0. The first-order valence-electron chi connectivity index (χ1n) is 12.4. The molecule has 5 aromatic carbocycles. The Morgan fingerprint density at radius 1 is 0.545 bits per heavy atom. The van der Waals surface area contributed by atoms with E-state index in [-0.39, 0.29) is 5.41 Å². The Labute approximate surface area is 196 Å². The van der Waals surface area contributed by atoms with Crippen LogP contribution in [0.1, 0.15) is 50.7 Å². The van der Waals surface area contributed by atoms with Gasteiger partial charge in [0.1, 0.15) is 0 Å². The molecule has 0 aliphatic heterocycles. The average molecular weight is 427 g/mol. The minimum Gasteiger partial charge on any atom is -0.0653 e. The summed E-state index contributed by atoms with van der Waals surface area (Å²) in [4.78, 5) is 0. The zero-order valence-electron chi connectivity index (χ0n) is 19.6. The molecule has 0 fully saturated rings. The summed E-state index contributed by atoms with van der Waals surface area (Å²) in [5, 5.41) is 5.29. The molecule has 0 heterocycles. The first-order chi connectivity index (χ1) is 16.3. The number of rotatable bonds is 5. The third-order valence-electron chi connectivity index (χ3n) is 7.68. The van der Waals surface area contributed by atoms with E-state index in [2.05, 4.69) is 111 Å². The lowest BCUT2D eigenvalue weighted by Gasteiger charge is -2.32. The maximum atomic E-state index is 2.54. The Hall–Kier alpha value is -3.38. The average Bonchev–Trinajstić information content (AvgIpc) is 3.12. The largest absolute Gasteiger partial charge is 0.0653 e. The molecule has 5 aromatic rings. The standard InChI is InChI=1S/C33H30/c1-3-19-33(20-4-2)30-16-10-9-15-28(30)29-18-17-25(22-31(29)33)32-26-13-7-5-11-23(26)21-24-12-6-8-14-27(24)32/h5-18,21-22H,3-4,19-20H2,1-2H3. The van der Waals surface area contributed by atoms with Crippen LogP contribution >= 0.6 is 0 Å². The molecule has 162 valence electrons. The van der Waals surface area contributed by atoms with Gasteiger partial charge in [-0.05, 0) is 79.9 Å². The van der Waals surface area contributed by atoms with Gasteiger partial charge >= 0.3 is 0 Å². The second-order valence-electron chi connectivity index (χ2n) is 9.58. The van der Waals surface area contributed by atoms with Gasteiger partial charge in [0.15, 0.2) is 0 Å². The van der Waals surface area contributed by atoms with Crippen molar-refractivity contribution >= 4 is 21.5 Å². The van der Waals surface area contributed by atoms with Gasteiger partial charge in [-0.3, -0.25) is 0 Å². The lowest BCUT2D eigenvalue weighted by Crippen LogP contribution is -2.25. The predicted octanol–water partition coefficient (Wildman–Crippen LogP) is 9.53. The van der Waals surface area contributed by atoms with E-state index in [1.807, 2.05) is 0 Å². The highest BCUT2D eigenvalue weighted by molar-refractivity contribution is 6.12. The van der Waals surface area contributed by atoms with Crippen LogP contribution in [-0.4, -0.2) is 0 Å². The third kappa shape index (κ3) is 2.97. The van der Waals surface area contributed by atoms with E-state index in [1.54, 1.807) is 0 Å². The predicted molar refractivity (Wildman–Crippen MR) is 143 cm³/mol. The highest BCUT2D eigenvalue weighted by Crippen LogP contribution is 2.54. The fourth-order valence-electron chi connectivity index (χ4n) is 6.45. The second kappa shape index (κ2) is 7.89. The first kappa shape index (κ1) is 20.2. The molecule has 0 atom stereocenters. The quantitative estimate of drug-likeness (QED) is 0.245. The van der Waals surface area contributed by atoms with Crippen molar-refractivity contribution in [2.45, 2.75) is 44.9 Å². The van der Waals surface area contributed by atoms with Crippen LogP contribution < -0.4 is 0 Å². The molecular formula is C33H30. The van der Waals surface area contributed by atoms with E-state index in [1.165, 1.54) is 80.6 Å². The molecule has 0 radical (unpaired) electrons. The number of fused-ring (bicyclic) bond motifs is 5. The Balaban J connectivity index is 1.68. The molecule has 1 aliphatic rings. The van der Waals surface area contributed by atoms with Gasteiger partial charge in [-0.25, -0.2) is 0 Å². The summed E-state index contributed by atoms with van der Waals surface area (Å²) < 4.78 is 0. The van der Waals surface area contributed by atoms with Crippen LogP contribution in [0.3, 0.4) is 0 Å². The lowest BCUT2D eigenvalue weighted by atomic mass is 9.71. The summed E-state index contributed by atoms with van der Waals surface area (Å²) in [6.07, 6.45) is 4.78. The molecule has 1 aliphatic carbocycles. The Morgan fingerprint density at radius 3 is 1.79 bits per heavy atom. The minimum atomic E-state index is 0.117. The maximum absolute atomic E-state index is 2.54. The smallest absolute Gasteiger partial charge is 0.0215 e. The van der Waals surface area contributed by atoms with Crippen molar-refractivity contribution in [3.63, 3.8) is 0 Å². The molecule has 0 unspecified atom stereocenters. The summed E-state index contributed by atoms with van der Waals surface area (Å²) in [5.41, 5.74) is 8.75. The van der Waals surface area contributed by atoms with Crippen LogP contribution in [0.4, 0.5) is 0 Å². The van der Waals surface area contributed by atoms with Crippen LogP contribution in [0, 0.1) is 0 Å². The van der Waals surface area contributed by atoms with Crippen molar-refractivity contribution in [2.24, 2.45) is 0 Å². The van der Waals surface area contributed by atoms with E-state index in [0.717, 1.165) is 0 Å². The van der Waals surface area contributed by atoms with Gasteiger partial charge in [-0.1, -0.05) is 112 Å². The maximum Gasteiger partial charge on any atom is 0.0215 e. The van der Waals surface area contributed by atoms with Crippen molar-refractivity contribution in [2.75, 3.05) is 0 Å². The highest BCUT2D eigenvalue weighted by atomic mass is 14.4. The van der Waals surface area contributed by atoms with E-state index in [0.29, 0.717) is 0 Å².